The summed E-state index contributed by atoms with van der Waals surface area (Å²) in [5, 5.41) is 22.2. The number of benzene rings is 2. The van der Waals surface area contributed by atoms with Crippen molar-refractivity contribution in [3.05, 3.63) is 81.3 Å². The van der Waals surface area contributed by atoms with E-state index in [9.17, 15) is 18.4 Å². The average Bonchev–Trinajstić information content (AvgIpc) is 3.49. The summed E-state index contributed by atoms with van der Waals surface area (Å²) in [6, 6.07) is 10.4. The van der Waals surface area contributed by atoms with Crippen LogP contribution in [0.4, 0.5) is 14.6 Å². The zero-order valence-electron chi connectivity index (χ0n) is 17.0. The van der Waals surface area contributed by atoms with Gasteiger partial charge in [-0.05, 0) is 29.2 Å². The third-order valence-corrected chi connectivity index (χ3v) is 4.97. The number of rotatable bonds is 5. The monoisotopic (exact) mass is 528 g/mol. The van der Waals surface area contributed by atoms with Crippen molar-refractivity contribution < 1.29 is 23.5 Å². The molecule has 4 aromatic rings. The van der Waals surface area contributed by atoms with Crippen molar-refractivity contribution in [1.29, 1.82) is 0 Å². The van der Waals surface area contributed by atoms with Gasteiger partial charge in [0.05, 0.1) is 10.6 Å². The maximum atomic E-state index is 13.1. The van der Waals surface area contributed by atoms with Crippen molar-refractivity contribution in [3.8, 4) is 11.3 Å². The Kier molecular flexibility index (Phi) is 9.57. The Bertz CT molecular complexity index is 1270. The molecule has 0 aliphatic carbocycles. The van der Waals surface area contributed by atoms with E-state index in [1.165, 1.54) is 11.5 Å². The minimum atomic E-state index is -1.26. The normalized spacial score (nSPS) is 10.0. The number of carbonyl (C=O) groups is 2. The largest absolute Gasteiger partial charge is 0.477 e. The standard InChI is InChI=1S/C11H6ClF2N3O3.C9H9N3S.ClH/c12-5-2-7(14)6(13)1-4(5)10(18)15-9-3-8(11(19)20)16-17-9;10-5-7-1-3-8(4-2-7)9-6-13-12-11-9;/h1-3H,(H,19,20)(H2,15,16,17,18);1-4,6H,5,10H2;1H. The molecule has 0 radical (unpaired) electrons. The van der Waals surface area contributed by atoms with E-state index in [1.54, 1.807) is 0 Å². The van der Waals surface area contributed by atoms with Crippen molar-refractivity contribution in [2.45, 2.75) is 6.54 Å². The summed E-state index contributed by atoms with van der Waals surface area (Å²) in [6.07, 6.45) is 0. The highest BCUT2D eigenvalue weighted by molar-refractivity contribution is 7.03. The SMILES string of the molecule is Cl.NCc1ccc(-c2csnn2)cc1.O=C(O)c1cc(NC(=O)c2cc(F)c(F)cc2Cl)n[nH]1. The number of aromatic nitrogens is 4. The van der Waals surface area contributed by atoms with Gasteiger partial charge in [0.25, 0.3) is 5.91 Å². The number of nitrogens with zero attached hydrogens (tertiary/aromatic N) is 3. The summed E-state index contributed by atoms with van der Waals surface area (Å²) >= 11 is 6.99. The number of hydrogen-bond donors (Lipinski definition) is 4. The van der Waals surface area contributed by atoms with Gasteiger partial charge in [0.15, 0.2) is 17.5 Å². The first-order valence-electron chi connectivity index (χ1n) is 9.09. The second kappa shape index (κ2) is 12.1. The molecule has 0 aliphatic heterocycles. The highest BCUT2D eigenvalue weighted by atomic mass is 35.5. The number of nitrogens with one attached hydrogen (secondary N) is 2. The summed E-state index contributed by atoms with van der Waals surface area (Å²) in [6.45, 7) is 0.579. The molecule has 0 aliphatic rings. The fourth-order valence-corrected chi connectivity index (χ4v) is 3.18. The van der Waals surface area contributed by atoms with Gasteiger partial charge in [0.1, 0.15) is 11.4 Å². The molecule has 0 atom stereocenters. The number of hydrogen-bond acceptors (Lipinski definition) is 7. The number of carbonyl (C=O) groups excluding carboxylic acids is 1. The Labute approximate surface area is 206 Å². The number of carboxylic acid groups (broad SMARTS) is 1. The topological polar surface area (TPSA) is 147 Å². The highest BCUT2D eigenvalue weighted by Gasteiger charge is 2.17. The highest BCUT2D eigenvalue weighted by Crippen LogP contribution is 2.21. The van der Waals surface area contributed by atoms with Gasteiger partial charge in [-0.25, -0.2) is 13.6 Å². The van der Waals surface area contributed by atoms with Crippen LogP contribution >= 0.6 is 35.5 Å². The fraction of sp³-hybridized carbons (Fsp3) is 0.0500. The number of halogens is 4. The first-order chi connectivity index (χ1) is 15.8. The van der Waals surface area contributed by atoms with Crippen molar-refractivity contribution >= 4 is 53.2 Å². The minimum absolute atomic E-state index is 0. The third kappa shape index (κ3) is 6.78. The Morgan fingerprint density at radius 1 is 1.15 bits per heavy atom. The van der Waals surface area contributed by atoms with Gasteiger partial charge in [-0.15, -0.1) is 17.5 Å². The van der Waals surface area contributed by atoms with E-state index in [0.717, 1.165) is 22.9 Å². The van der Waals surface area contributed by atoms with E-state index in [2.05, 4.69) is 25.1 Å². The van der Waals surface area contributed by atoms with Crippen molar-refractivity contribution in [1.82, 2.24) is 19.8 Å². The predicted molar refractivity (Wildman–Crippen MR) is 125 cm³/mol. The molecule has 0 unspecified atom stereocenters. The molecule has 0 bridgehead atoms. The van der Waals surface area contributed by atoms with Crippen LogP contribution in [0.15, 0.2) is 47.8 Å². The predicted octanol–water partition coefficient (Wildman–Crippen LogP) is 4.38. The van der Waals surface area contributed by atoms with Crippen molar-refractivity contribution in [2.75, 3.05) is 5.32 Å². The Balaban J connectivity index is 0.000000253. The first-order valence-corrected chi connectivity index (χ1v) is 10.3. The molecule has 0 spiro atoms. The molecule has 1 amide bonds. The number of amides is 1. The van der Waals surface area contributed by atoms with Crippen LogP contribution in [0, 0.1) is 11.6 Å². The molecular weight excluding hydrogens is 513 g/mol. The van der Waals surface area contributed by atoms with Gasteiger partial charge in [-0.1, -0.05) is 40.4 Å². The lowest BCUT2D eigenvalue weighted by molar-refractivity contribution is 0.0690. The molecule has 4 rings (SSSR count). The molecule has 0 saturated heterocycles. The molecule has 34 heavy (non-hydrogen) atoms. The minimum Gasteiger partial charge on any atom is -0.477 e. The molecular formula is C20H16Cl2F2N6O3S. The molecule has 5 N–H and O–H groups in total. The first kappa shape index (κ1) is 26.8. The van der Waals surface area contributed by atoms with Gasteiger partial charge >= 0.3 is 5.97 Å². The van der Waals surface area contributed by atoms with Crippen LogP contribution in [0.3, 0.4) is 0 Å². The molecule has 2 aromatic heterocycles. The maximum Gasteiger partial charge on any atom is 0.353 e. The van der Waals surface area contributed by atoms with Crippen molar-refractivity contribution in [2.24, 2.45) is 5.73 Å². The quantitative estimate of drug-likeness (QED) is 0.281. The lowest BCUT2D eigenvalue weighted by atomic mass is 10.1. The number of aromatic carboxylic acids is 1. The molecule has 178 valence electrons. The van der Waals surface area contributed by atoms with Crippen LogP contribution < -0.4 is 11.1 Å². The van der Waals surface area contributed by atoms with Crippen LogP contribution in [0.2, 0.25) is 5.02 Å². The zero-order valence-corrected chi connectivity index (χ0v) is 19.3. The maximum absolute atomic E-state index is 13.1. The lowest BCUT2D eigenvalue weighted by Gasteiger charge is -2.04. The number of aromatic amines is 1. The second-order valence-corrected chi connectivity index (χ2v) is 7.38. The third-order valence-electron chi connectivity index (χ3n) is 4.15. The van der Waals surface area contributed by atoms with E-state index in [0.29, 0.717) is 18.7 Å². The number of anilines is 1. The van der Waals surface area contributed by atoms with Crippen LogP contribution in [0.25, 0.3) is 11.3 Å². The van der Waals surface area contributed by atoms with Crippen LogP contribution in [0.5, 0.6) is 0 Å². The van der Waals surface area contributed by atoms with Gasteiger partial charge < -0.3 is 16.2 Å². The Morgan fingerprint density at radius 3 is 2.38 bits per heavy atom. The van der Waals surface area contributed by atoms with Gasteiger partial charge in [-0.3, -0.25) is 9.89 Å². The fourth-order valence-electron chi connectivity index (χ4n) is 2.48. The summed E-state index contributed by atoms with van der Waals surface area (Å²) < 4.78 is 29.7. The molecule has 9 nitrogen and oxygen atoms in total. The number of carboxylic acids is 1. The van der Waals surface area contributed by atoms with Gasteiger partial charge in [-0.2, -0.15) is 5.10 Å². The van der Waals surface area contributed by atoms with E-state index in [-0.39, 0.29) is 34.5 Å². The van der Waals surface area contributed by atoms with Gasteiger partial charge in [0.2, 0.25) is 0 Å². The lowest BCUT2D eigenvalue weighted by Crippen LogP contribution is -2.13. The summed E-state index contributed by atoms with van der Waals surface area (Å²) in [5.74, 6) is -4.61. The Hall–Kier alpha value is -3.45. The average molecular weight is 529 g/mol. The molecule has 2 aromatic carbocycles. The zero-order chi connectivity index (χ0) is 24.0. The molecule has 2 heterocycles. The van der Waals surface area contributed by atoms with E-state index >= 15 is 0 Å². The van der Waals surface area contributed by atoms with Crippen LogP contribution in [0.1, 0.15) is 26.4 Å². The van der Waals surface area contributed by atoms with E-state index in [4.69, 9.17) is 22.4 Å². The second-order valence-electron chi connectivity index (χ2n) is 6.36. The molecule has 14 heteroatoms. The van der Waals surface area contributed by atoms with E-state index in [1.807, 2.05) is 29.6 Å². The summed E-state index contributed by atoms with van der Waals surface area (Å²) in [4.78, 5) is 22.4. The van der Waals surface area contributed by atoms with E-state index < -0.39 is 23.5 Å². The smallest absolute Gasteiger partial charge is 0.353 e. The molecule has 0 fully saturated rings. The molecule has 0 saturated carbocycles. The summed E-state index contributed by atoms with van der Waals surface area (Å²) in [7, 11) is 0. The number of nitrogens with two attached hydrogens (primary N) is 1. The van der Waals surface area contributed by atoms with Crippen LogP contribution in [-0.2, 0) is 6.54 Å². The van der Waals surface area contributed by atoms with Gasteiger partial charge in [0, 0.05) is 23.6 Å². The summed E-state index contributed by atoms with van der Waals surface area (Å²) in [5.41, 5.74) is 8.10. The van der Waals surface area contributed by atoms with Crippen molar-refractivity contribution in [3.63, 3.8) is 0 Å². The number of H-pyrrole nitrogens is 1. The van der Waals surface area contributed by atoms with Crippen LogP contribution in [-0.4, -0.2) is 36.8 Å². The Morgan fingerprint density at radius 2 is 1.82 bits per heavy atom.